The summed E-state index contributed by atoms with van der Waals surface area (Å²) in [4.78, 5) is 0. The standard InChI is InChI=1S/CH4.2BrH.Sb/h1H4;2*1H;/p-2. The van der Waals surface area contributed by atoms with Crippen LogP contribution in [-0.2, 0) is 0 Å². The molecule has 0 aromatic carbocycles. The van der Waals surface area contributed by atoms with Crippen molar-refractivity contribution in [2.24, 2.45) is 0 Å². The molecule has 3 radical (unpaired) electrons. The number of rotatable bonds is 0. The Balaban J connectivity index is 0. The molecule has 0 aliphatic carbocycles. The van der Waals surface area contributed by atoms with Gasteiger partial charge in [-0.15, -0.1) is 0 Å². The van der Waals surface area contributed by atoms with Crippen LogP contribution < -0.4 is 34.0 Å². The minimum Gasteiger partial charge on any atom is -1.00 e. The van der Waals surface area contributed by atoms with Crippen LogP contribution in [0.2, 0.25) is 0 Å². The van der Waals surface area contributed by atoms with Crippen LogP contribution in [-0.4, -0.2) is 24.4 Å². The van der Waals surface area contributed by atoms with Gasteiger partial charge in [0.2, 0.25) is 0 Å². The van der Waals surface area contributed by atoms with Crippen LogP contribution in [0.1, 0.15) is 7.43 Å². The summed E-state index contributed by atoms with van der Waals surface area (Å²) in [6.07, 6.45) is 0. The summed E-state index contributed by atoms with van der Waals surface area (Å²) >= 11 is 0. The number of hydrogen-bond acceptors (Lipinski definition) is 0. The molecule has 0 fully saturated rings. The first kappa shape index (κ1) is 41.7. The van der Waals surface area contributed by atoms with E-state index in [2.05, 4.69) is 0 Å². The molecular formula is CH4Br2Sb-2. The molecule has 0 spiro atoms. The molecule has 29 valence electrons. The molecule has 0 bridgehead atoms. The van der Waals surface area contributed by atoms with Gasteiger partial charge in [-0.25, -0.2) is 0 Å². The zero-order valence-corrected chi connectivity index (χ0v) is 6.93. The predicted molar refractivity (Wildman–Crippen MR) is 12.5 cm³/mol. The van der Waals surface area contributed by atoms with Crippen LogP contribution in [0.5, 0.6) is 0 Å². The molecule has 0 rings (SSSR count). The van der Waals surface area contributed by atoms with Gasteiger partial charge < -0.3 is 34.0 Å². The van der Waals surface area contributed by atoms with Gasteiger partial charge in [-0.2, -0.15) is 0 Å². The molecular weight excluding hydrogens is 294 g/mol. The third-order valence-electron chi connectivity index (χ3n) is 0. The Bertz CT molecular complexity index is 6.00. The van der Waals surface area contributed by atoms with Crippen LogP contribution in [0, 0.1) is 0 Å². The molecule has 0 aliphatic rings. The summed E-state index contributed by atoms with van der Waals surface area (Å²) in [7, 11) is 0. The van der Waals surface area contributed by atoms with Crippen molar-refractivity contribution in [2.75, 3.05) is 0 Å². The van der Waals surface area contributed by atoms with Gasteiger partial charge in [0.25, 0.3) is 0 Å². The quantitative estimate of drug-likeness (QED) is 0.391. The van der Waals surface area contributed by atoms with Crippen molar-refractivity contribution in [3.63, 3.8) is 0 Å². The Labute approximate surface area is 65.3 Å². The average molecular weight is 298 g/mol. The molecule has 0 atom stereocenters. The van der Waals surface area contributed by atoms with Crippen LogP contribution in [0.25, 0.3) is 0 Å². The first-order valence-electron chi connectivity index (χ1n) is 0. The molecule has 0 saturated heterocycles. The Morgan fingerprint density at radius 3 is 0.750 bits per heavy atom. The maximum atomic E-state index is 0. The van der Waals surface area contributed by atoms with E-state index in [1.54, 1.807) is 0 Å². The van der Waals surface area contributed by atoms with Crippen molar-refractivity contribution >= 4 is 24.4 Å². The maximum Gasteiger partial charge on any atom is 0 e. The molecule has 0 aromatic heterocycles. The van der Waals surface area contributed by atoms with Gasteiger partial charge in [0.05, 0.1) is 0 Å². The van der Waals surface area contributed by atoms with Crippen LogP contribution >= 0.6 is 0 Å². The van der Waals surface area contributed by atoms with Gasteiger partial charge in [0.1, 0.15) is 0 Å². The van der Waals surface area contributed by atoms with Crippen molar-refractivity contribution in [3.05, 3.63) is 0 Å². The molecule has 0 N–H and O–H groups in total. The predicted octanol–water partition coefficient (Wildman–Crippen LogP) is -5.74. The van der Waals surface area contributed by atoms with Crippen molar-refractivity contribution in [2.45, 2.75) is 7.43 Å². The smallest absolute Gasteiger partial charge is 0 e. The second-order valence-electron chi connectivity index (χ2n) is 0. The summed E-state index contributed by atoms with van der Waals surface area (Å²) < 4.78 is 0. The first-order valence-corrected chi connectivity index (χ1v) is 0. The fourth-order valence-corrected chi connectivity index (χ4v) is 0. The maximum absolute atomic E-state index is 0. The van der Waals surface area contributed by atoms with Crippen molar-refractivity contribution < 1.29 is 34.0 Å². The molecule has 4 heavy (non-hydrogen) atoms. The number of halogens is 2. The molecule has 0 amide bonds. The van der Waals surface area contributed by atoms with Crippen molar-refractivity contribution in [1.82, 2.24) is 0 Å². The van der Waals surface area contributed by atoms with E-state index < -0.39 is 0 Å². The molecule has 0 nitrogen and oxygen atoms in total. The second kappa shape index (κ2) is 21.6. The van der Waals surface area contributed by atoms with E-state index in [1.165, 1.54) is 0 Å². The van der Waals surface area contributed by atoms with Gasteiger partial charge in [-0.05, 0) is 0 Å². The van der Waals surface area contributed by atoms with E-state index in [-0.39, 0.29) is 65.8 Å². The van der Waals surface area contributed by atoms with E-state index in [0.29, 0.717) is 0 Å². The third kappa shape index (κ3) is 9.22. The first-order chi connectivity index (χ1) is 0. The fourth-order valence-electron chi connectivity index (χ4n) is 0. The minimum absolute atomic E-state index is 0. The van der Waals surface area contributed by atoms with Gasteiger partial charge >= 0.3 is 0 Å². The molecule has 0 aliphatic heterocycles. The SMILES string of the molecule is C.[Br-].[Br-].[Sb]. The minimum atomic E-state index is 0. The molecule has 0 heterocycles. The second-order valence-corrected chi connectivity index (χ2v) is 0. The van der Waals surface area contributed by atoms with E-state index in [9.17, 15) is 0 Å². The van der Waals surface area contributed by atoms with Gasteiger partial charge in [-0.1, -0.05) is 7.43 Å². The topological polar surface area (TPSA) is 0 Å². The zero-order chi connectivity index (χ0) is 0. The van der Waals surface area contributed by atoms with E-state index in [4.69, 9.17) is 0 Å². The number of hydrogen-bond donors (Lipinski definition) is 0. The summed E-state index contributed by atoms with van der Waals surface area (Å²) in [5, 5.41) is 0. The van der Waals surface area contributed by atoms with Crippen LogP contribution in [0.3, 0.4) is 0 Å². The van der Waals surface area contributed by atoms with Gasteiger partial charge in [0, 0.05) is 24.4 Å². The Morgan fingerprint density at radius 1 is 0.750 bits per heavy atom. The Morgan fingerprint density at radius 2 is 0.750 bits per heavy atom. The van der Waals surface area contributed by atoms with Gasteiger partial charge in [-0.3, -0.25) is 0 Å². The Kier molecular flexibility index (Phi) is 225. The summed E-state index contributed by atoms with van der Waals surface area (Å²) in [6, 6.07) is 0. The Hall–Kier alpha value is 1.78. The largest absolute Gasteiger partial charge is 1.00 e. The molecule has 0 saturated carbocycles. The molecule has 0 aromatic rings. The monoisotopic (exact) mass is 295 g/mol. The van der Waals surface area contributed by atoms with Crippen LogP contribution in [0.15, 0.2) is 0 Å². The molecule has 0 unspecified atom stereocenters. The zero-order valence-electron chi connectivity index (χ0n) is 1.20. The summed E-state index contributed by atoms with van der Waals surface area (Å²) in [5.41, 5.74) is 0. The van der Waals surface area contributed by atoms with E-state index >= 15 is 0 Å². The van der Waals surface area contributed by atoms with Gasteiger partial charge in [0.15, 0.2) is 0 Å². The third-order valence-corrected chi connectivity index (χ3v) is 0. The van der Waals surface area contributed by atoms with Crippen LogP contribution in [0.4, 0.5) is 0 Å². The summed E-state index contributed by atoms with van der Waals surface area (Å²) in [5.74, 6) is 0. The van der Waals surface area contributed by atoms with Crippen molar-refractivity contribution in [1.29, 1.82) is 0 Å². The molecule has 3 heteroatoms. The van der Waals surface area contributed by atoms with Crippen molar-refractivity contribution in [3.8, 4) is 0 Å². The fraction of sp³-hybridized carbons (Fsp3) is 1.00. The van der Waals surface area contributed by atoms with E-state index in [1.807, 2.05) is 0 Å². The average Bonchev–Trinajstić information content (AvgIpc) is 0. The summed E-state index contributed by atoms with van der Waals surface area (Å²) in [6.45, 7) is 0. The normalized spacial score (nSPS) is 0. The van der Waals surface area contributed by atoms with E-state index in [0.717, 1.165) is 0 Å².